The van der Waals surface area contributed by atoms with E-state index in [1.165, 1.54) is 11.8 Å². The van der Waals surface area contributed by atoms with Crippen LogP contribution in [0, 0.1) is 0 Å². The lowest BCUT2D eigenvalue weighted by Crippen LogP contribution is -2.43. The van der Waals surface area contributed by atoms with Crippen LogP contribution in [0.1, 0.15) is 17.5 Å². The molecule has 1 atom stereocenters. The molecule has 1 saturated heterocycles. The lowest BCUT2D eigenvalue weighted by molar-refractivity contribution is -0.134. The number of benzene rings is 2. The lowest BCUT2D eigenvalue weighted by atomic mass is 9.92. The molecule has 27 heavy (non-hydrogen) atoms. The monoisotopic (exact) mass is 381 g/mol. The topological polar surface area (TPSA) is 78.5 Å². The second-order valence-electron chi connectivity index (χ2n) is 6.63. The third-order valence-corrected chi connectivity index (χ3v) is 5.90. The maximum atomic E-state index is 13.1. The minimum Gasteiger partial charge on any atom is -0.324 e. The molecule has 1 spiro atoms. The Balaban J connectivity index is 1.53. The van der Waals surface area contributed by atoms with Crippen LogP contribution in [-0.4, -0.2) is 35.5 Å². The van der Waals surface area contributed by atoms with Crippen molar-refractivity contribution in [3.8, 4) is 0 Å². The fourth-order valence-electron chi connectivity index (χ4n) is 3.81. The van der Waals surface area contributed by atoms with Gasteiger partial charge < -0.3 is 10.6 Å². The standard InChI is InChI=1S/C20H19N3O3S/c1-27-16-9-5-4-8-15(16)21-17(24)12-23-18(25)20(22-19(23)26)11-10-13-6-2-3-7-14(13)20/h2-9H,10-12H2,1H3,(H,21,24)(H,22,26)/t20-/m1/s1. The summed E-state index contributed by atoms with van der Waals surface area (Å²) < 4.78 is 0. The van der Waals surface area contributed by atoms with E-state index in [0.717, 1.165) is 27.3 Å². The van der Waals surface area contributed by atoms with Crippen LogP contribution in [0.25, 0.3) is 0 Å². The third-order valence-electron chi connectivity index (χ3n) is 5.10. The van der Waals surface area contributed by atoms with Gasteiger partial charge in [0.1, 0.15) is 12.1 Å². The van der Waals surface area contributed by atoms with E-state index in [1.807, 2.05) is 48.7 Å². The van der Waals surface area contributed by atoms with Crippen molar-refractivity contribution >= 4 is 35.3 Å². The van der Waals surface area contributed by atoms with Crippen LogP contribution in [0.5, 0.6) is 0 Å². The van der Waals surface area contributed by atoms with Gasteiger partial charge in [0.25, 0.3) is 5.91 Å². The number of fused-ring (bicyclic) bond motifs is 2. The van der Waals surface area contributed by atoms with E-state index in [9.17, 15) is 14.4 Å². The van der Waals surface area contributed by atoms with Crippen LogP contribution in [0.2, 0.25) is 0 Å². The Kier molecular flexibility index (Phi) is 4.39. The van der Waals surface area contributed by atoms with Gasteiger partial charge in [-0.15, -0.1) is 11.8 Å². The lowest BCUT2D eigenvalue weighted by Gasteiger charge is -2.22. The highest BCUT2D eigenvalue weighted by molar-refractivity contribution is 7.98. The van der Waals surface area contributed by atoms with Crippen molar-refractivity contribution in [2.45, 2.75) is 23.3 Å². The molecule has 138 valence electrons. The molecule has 0 unspecified atom stereocenters. The van der Waals surface area contributed by atoms with Crippen LogP contribution >= 0.6 is 11.8 Å². The molecule has 2 aromatic rings. The average Bonchev–Trinajstić information content (AvgIpc) is 3.16. The summed E-state index contributed by atoms with van der Waals surface area (Å²) in [6.07, 6.45) is 3.16. The number of aryl methyl sites for hydroxylation is 1. The van der Waals surface area contributed by atoms with Gasteiger partial charge in [-0.2, -0.15) is 0 Å². The number of hydrogen-bond donors (Lipinski definition) is 2. The number of rotatable bonds is 4. The van der Waals surface area contributed by atoms with Crippen LogP contribution in [0.3, 0.4) is 0 Å². The summed E-state index contributed by atoms with van der Waals surface area (Å²) in [4.78, 5) is 40.0. The van der Waals surface area contributed by atoms with Crippen LogP contribution in [0.4, 0.5) is 10.5 Å². The number of imide groups is 1. The van der Waals surface area contributed by atoms with Gasteiger partial charge in [0, 0.05) is 4.90 Å². The number of amides is 4. The van der Waals surface area contributed by atoms with E-state index in [1.54, 1.807) is 6.07 Å². The molecule has 1 fully saturated rings. The van der Waals surface area contributed by atoms with Crippen LogP contribution in [-0.2, 0) is 21.5 Å². The highest BCUT2D eigenvalue weighted by atomic mass is 32.2. The van der Waals surface area contributed by atoms with E-state index >= 15 is 0 Å². The van der Waals surface area contributed by atoms with Crippen molar-refractivity contribution in [3.05, 3.63) is 59.7 Å². The fourth-order valence-corrected chi connectivity index (χ4v) is 4.37. The largest absolute Gasteiger partial charge is 0.325 e. The van der Waals surface area contributed by atoms with Crippen molar-refractivity contribution in [3.63, 3.8) is 0 Å². The average molecular weight is 381 g/mol. The first-order valence-corrected chi connectivity index (χ1v) is 9.93. The molecule has 0 aromatic heterocycles. The van der Waals surface area contributed by atoms with Gasteiger partial charge in [-0.05, 0) is 42.4 Å². The van der Waals surface area contributed by atoms with Gasteiger partial charge in [-0.1, -0.05) is 36.4 Å². The number of nitrogens with one attached hydrogen (secondary N) is 2. The Morgan fingerprint density at radius 2 is 1.93 bits per heavy atom. The van der Waals surface area contributed by atoms with Crippen molar-refractivity contribution in [1.29, 1.82) is 0 Å². The number of para-hydroxylation sites is 1. The number of carbonyl (C=O) groups is 3. The van der Waals surface area contributed by atoms with Crippen molar-refractivity contribution < 1.29 is 14.4 Å². The summed E-state index contributed by atoms with van der Waals surface area (Å²) in [5, 5.41) is 5.62. The van der Waals surface area contributed by atoms with E-state index in [0.29, 0.717) is 12.1 Å². The highest BCUT2D eigenvalue weighted by Crippen LogP contribution is 2.41. The Morgan fingerprint density at radius 1 is 1.19 bits per heavy atom. The van der Waals surface area contributed by atoms with Gasteiger partial charge in [0.05, 0.1) is 5.69 Å². The molecule has 4 rings (SSSR count). The minimum atomic E-state index is -1.04. The Hall–Kier alpha value is -2.80. The second kappa shape index (κ2) is 6.74. The van der Waals surface area contributed by atoms with Gasteiger partial charge in [0.2, 0.25) is 5.91 Å². The molecule has 0 radical (unpaired) electrons. The number of thioether (sulfide) groups is 1. The molecular formula is C20H19N3O3S. The molecule has 2 aliphatic rings. The normalized spacial score (nSPS) is 20.7. The van der Waals surface area contributed by atoms with Crippen LogP contribution in [0.15, 0.2) is 53.4 Å². The predicted molar refractivity (Wildman–Crippen MR) is 104 cm³/mol. The maximum Gasteiger partial charge on any atom is 0.325 e. The van der Waals surface area contributed by atoms with E-state index in [4.69, 9.17) is 0 Å². The molecule has 2 aromatic carbocycles. The number of carbonyl (C=O) groups excluding carboxylic acids is 3. The summed E-state index contributed by atoms with van der Waals surface area (Å²) in [6.45, 7) is -0.308. The number of hydrogen-bond acceptors (Lipinski definition) is 4. The summed E-state index contributed by atoms with van der Waals surface area (Å²) in [5.41, 5.74) is 1.53. The molecule has 7 heteroatoms. The molecule has 6 nitrogen and oxygen atoms in total. The maximum absolute atomic E-state index is 13.1. The Bertz CT molecular complexity index is 946. The SMILES string of the molecule is CSc1ccccc1NC(=O)CN1C(=O)N[C@@]2(CCc3ccccc32)C1=O. The first-order chi connectivity index (χ1) is 13.0. The summed E-state index contributed by atoms with van der Waals surface area (Å²) in [5.74, 6) is -0.755. The zero-order chi connectivity index (χ0) is 19.0. The number of nitrogens with zero attached hydrogens (tertiary/aromatic N) is 1. The van der Waals surface area contributed by atoms with Crippen molar-refractivity contribution in [1.82, 2.24) is 10.2 Å². The first-order valence-electron chi connectivity index (χ1n) is 8.70. The molecule has 2 N–H and O–H groups in total. The summed E-state index contributed by atoms with van der Waals surface area (Å²) in [6, 6.07) is 14.5. The molecule has 4 amide bonds. The first kappa shape index (κ1) is 17.6. The molecule has 1 heterocycles. The molecule has 1 aliphatic carbocycles. The van der Waals surface area contributed by atoms with Gasteiger partial charge in [-0.25, -0.2) is 4.79 Å². The van der Waals surface area contributed by atoms with Crippen molar-refractivity contribution in [2.24, 2.45) is 0 Å². The van der Waals surface area contributed by atoms with Gasteiger partial charge in [-0.3, -0.25) is 14.5 Å². The predicted octanol–water partition coefficient (Wildman–Crippen LogP) is 2.74. The Labute approximate surface area is 161 Å². The third kappa shape index (κ3) is 2.88. The zero-order valence-electron chi connectivity index (χ0n) is 14.8. The molecule has 1 aliphatic heterocycles. The number of urea groups is 1. The second-order valence-corrected chi connectivity index (χ2v) is 7.48. The van der Waals surface area contributed by atoms with Crippen LogP contribution < -0.4 is 10.6 Å². The Morgan fingerprint density at radius 3 is 2.74 bits per heavy atom. The van der Waals surface area contributed by atoms with E-state index in [2.05, 4.69) is 10.6 Å². The number of anilines is 1. The van der Waals surface area contributed by atoms with E-state index < -0.39 is 17.5 Å². The van der Waals surface area contributed by atoms with E-state index in [-0.39, 0.29) is 12.5 Å². The van der Waals surface area contributed by atoms with Crippen molar-refractivity contribution in [2.75, 3.05) is 18.1 Å². The summed E-state index contributed by atoms with van der Waals surface area (Å²) in [7, 11) is 0. The molecule has 0 bridgehead atoms. The molecule has 0 saturated carbocycles. The fraction of sp³-hybridized carbons (Fsp3) is 0.250. The highest BCUT2D eigenvalue weighted by Gasteiger charge is 2.55. The van der Waals surface area contributed by atoms with Gasteiger partial charge in [0.15, 0.2) is 0 Å². The summed E-state index contributed by atoms with van der Waals surface area (Å²) >= 11 is 1.51. The quantitative estimate of drug-likeness (QED) is 0.631. The van der Waals surface area contributed by atoms with Gasteiger partial charge >= 0.3 is 6.03 Å². The molecular weight excluding hydrogens is 362 g/mol. The minimum absolute atomic E-state index is 0.308. The smallest absolute Gasteiger partial charge is 0.324 e. The zero-order valence-corrected chi connectivity index (χ0v) is 15.6.